The van der Waals surface area contributed by atoms with Crippen molar-refractivity contribution in [2.75, 3.05) is 10.5 Å². The van der Waals surface area contributed by atoms with Crippen LogP contribution in [0.5, 0.6) is 0 Å². The summed E-state index contributed by atoms with van der Waals surface area (Å²) in [7, 11) is -3.85. The van der Waals surface area contributed by atoms with Gasteiger partial charge in [-0.3, -0.25) is 9.52 Å². The van der Waals surface area contributed by atoms with Crippen molar-refractivity contribution in [2.45, 2.75) is 6.42 Å². The highest BCUT2D eigenvalue weighted by Crippen LogP contribution is 2.27. The number of nitrogens with one attached hydrogen (secondary N) is 1. The molecule has 0 heterocycles. The number of anilines is 1. The minimum atomic E-state index is -3.85. The molecular weight excluding hydrogens is 308 g/mol. The molecule has 2 N–H and O–H groups in total. The van der Waals surface area contributed by atoms with Gasteiger partial charge in [0.25, 0.3) is 0 Å². The van der Waals surface area contributed by atoms with Gasteiger partial charge < -0.3 is 5.11 Å². The molecular formula is C9H8Cl2FNO4S. The molecule has 0 unspecified atom stereocenters. The molecule has 0 spiro atoms. The number of hydrogen-bond donors (Lipinski definition) is 2. The van der Waals surface area contributed by atoms with Crippen molar-refractivity contribution < 1.29 is 22.7 Å². The zero-order chi connectivity index (χ0) is 13.9. The van der Waals surface area contributed by atoms with Gasteiger partial charge in [0, 0.05) is 0 Å². The molecule has 0 bridgehead atoms. The van der Waals surface area contributed by atoms with Crippen molar-refractivity contribution in [1.82, 2.24) is 0 Å². The van der Waals surface area contributed by atoms with Crippen molar-refractivity contribution in [3.63, 3.8) is 0 Å². The zero-order valence-corrected chi connectivity index (χ0v) is 11.1. The van der Waals surface area contributed by atoms with Gasteiger partial charge in [0.1, 0.15) is 0 Å². The lowest BCUT2D eigenvalue weighted by molar-refractivity contribution is -0.136. The summed E-state index contributed by atoms with van der Waals surface area (Å²) in [5, 5.41) is 7.71. The van der Waals surface area contributed by atoms with E-state index in [0.29, 0.717) is 0 Å². The highest BCUT2D eigenvalue weighted by molar-refractivity contribution is 7.92. The summed E-state index contributed by atoms with van der Waals surface area (Å²) in [4.78, 5) is 10.3. The van der Waals surface area contributed by atoms with Gasteiger partial charge in [0.05, 0.1) is 27.9 Å². The quantitative estimate of drug-likeness (QED) is 0.817. The predicted octanol–water partition coefficient (Wildman–Crippen LogP) is 2.35. The lowest BCUT2D eigenvalue weighted by atomic mass is 10.3. The van der Waals surface area contributed by atoms with E-state index in [1.54, 1.807) is 0 Å². The van der Waals surface area contributed by atoms with Gasteiger partial charge in [0.2, 0.25) is 10.0 Å². The number of benzene rings is 1. The fraction of sp³-hybridized carbons (Fsp3) is 0.222. The second kappa shape index (κ2) is 5.73. The van der Waals surface area contributed by atoms with E-state index < -0.39 is 34.0 Å². The largest absolute Gasteiger partial charge is 0.481 e. The summed E-state index contributed by atoms with van der Waals surface area (Å²) in [6, 6.07) is 2.09. The molecule has 1 aromatic rings. The Kier molecular flexibility index (Phi) is 4.78. The molecule has 0 fully saturated rings. The van der Waals surface area contributed by atoms with Crippen LogP contribution >= 0.6 is 23.2 Å². The lowest BCUT2D eigenvalue weighted by Crippen LogP contribution is -2.18. The number of rotatable bonds is 5. The van der Waals surface area contributed by atoms with Crippen LogP contribution in [-0.4, -0.2) is 25.2 Å². The Balaban J connectivity index is 2.88. The second-order valence-electron chi connectivity index (χ2n) is 3.32. The minimum absolute atomic E-state index is 0.0308. The molecule has 100 valence electrons. The van der Waals surface area contributed by atoms with Gasteiger partial charge in [-0.25, -0.2) is 12.8 Å². The molecule has 1 aromatic carbocycles. The van der Waals surface area contributed by atoms with Gasteiger partial charge in [-0.15, -0.1) is 0 Å². The number of aliphatic carboxylic acids is 1. The molecule has 1 rings (SSSR count). The normalized spacial score (nSPS) is 11.3. The fourth-order valence-corrected chi connectivity index (χ4v) is 2.58. The third-order valence-electron chi connectivity index (χ3n) is 1.84. The number of sulfonamides is 1. The van der Waals surface area contributed by atoms with E-state index in [0.717, 1.165) is 12.1 Å². The van der Waals surface area contributed by atoms with Crippen LogP contribution in [0.3, 0.4) is 0 Å². The molecule has 0 saturated carbocycles. The highest BCUT2D eigenvalue weighted by Gasteiger charge is 2.15. The Labute approximate surface area is 113 Å². The van der Waals surface area contributed by atoms with Crippen LogP contribution in [0.15, 0.2) is 12.1 Å². The molecule has 0 atom stereocenters. The maximum Gasteiger partial charge on any atom is 0.304 e. The molecule has 0 aromatic heterocycles. The number of halogens is 3. The highest BCUT2D eigenvalue weighted by atomic mass is 35.5. The van der Waals surface area contributed by atoms with Crippen molar-refractivity contribution in [1.29, 1.82) is 0 Å². The first-order valence-corrected chi connectivity index (χ1v) is 6.99. The smallest absolute Gasteiger partial charge is 0.304 e. The van der Waals surface area contributed by atoms with Gasteiger partial charge in [-0.2, -0.15) is 0 Å². The Morgan fingerprint density at radius 1 is 1.33 bits per heavy atom. The predicted molar refractivity (Wildman–Crippen MR) is 66.1 cm³/mol. The van der Waals surface area contributed by atoms with E-state index in [1.165, 1.54) is 0 Å². The standard InChI is InChI=1S/C9H8Cl2FNO4S/c10-6-3-5(4-7(11)9(6)12)13-18(16,17)2-1-8(14)15/h3-4,13H,1-2H2,(H,14,15). The first kappa shape index (κ1) is 15.0. The van der Waals surface area contributed by atoms with Crippen LogP contribution in [0.25, 0.3) is 0 Å². The van der Waals surface area contributed by atoms with Crippen LogP contribution in [0, 0.1) is 5.82 Å². The molecule has 0 aliphatic heterocycles. The van der Waals surface area contributed by atoms with Gasteiger partial charge >= 0.3 is 5.97 Å². The van der Waals surface area contributed by atoms with Crippen LogP contribution in [-0.2, 0) is 14.8 Å². The molecule has 0 saturated heterocycles. The Morgan fingerprint density at radius 3 is 2.28 bits per heavy atom. The molecule has 0 amide bonds. The van der Waals surface area contributed by atoms with Gasteiger partial charge in [0.15, 0.2) is 5.82 Å². The van der Waals surface area contributed by atoms with Crippen molar-refractivity contribution in [3.8, 4) is 0 Å². The van der Waals surface area contributed by atoms with E-state index in [-0.39, 0.29) is 15.7 Å². The van der Waals surface area contributed by atoms with Crippen LogP contribution in [0.1, 0.15) is 6.42 Å². The molecule has 18 heavy (non-hydrogen) atoms. The summed E-state index contributed by atoms with van der Waals surface area (Å²) < 4.78 is 38.0. The van der Waals surface area contributed by atoms with E-state index in [1.807, 2.05) is 0 Å². The van der Waals surface area contributed by atoms with E-state index in [2.05, 4.69) is 4.72 Å². The number of hydrogen-bond acceptors (Lipinski definition) is 3. The summed E-state index contributed by atoms with van der Waals surface area (Å²) >= 11 is 11.0. The van der Waals surface area contributed by atoms with Crippen molar-refractivity contribution in [3.05, 3.63) is 28.0 Å². The Bertz CT molecular complexity index is 553. The minimum Gasteiger partial charge on any atom is -0.481 e. The molecule has 0 radical (unpaired) electrons. The summed E-state index contributed by atoms with van der Waals surface area (Å²) in [5.74, 6) is -2.70. The van der Waals surface area contributed by atoms with Gasteiger partial charge in [-0.05, 0) is 12.1 Å². The Morgan fingerprint density at radius 2 is 1.83 bits per heavy atom. The van der Waals surface area contributed by atoms with Crippen LogP contribution in [0.2, 0.25) is 10.0 Å². The summed E-state index contributed by atoms with van der Waals surface area (Å²) in [6.45, 7) is 0. The third kappa shape index (κ3) is 4.32. The van der Waals surface area contributed by atoms with Crippen molar-refractivity contribution in [2.24, 2.45) is 0 Å². The topological polar surface area (TPSA) is 83.5 Å². The van der Waals surface area contributed by atoms with E-state index >= 15 is 0 Å². The van der Waals surface area contributed by atoms with Crippen LogP contribution in [0.4, 0.5) is 10.1 Å². The molecule has 5 nitrogen and oxygen atoms in total. The lowest BCUT2D eigenvalue weighted by Gasteiger charge is -2.08. The first-order chi connectivity index (χ1) is 8.21. The monoisotopic (exact) mass is 315 g/mol. The van der Waals surface area contributed by atoms with Crippen LogP contribution < -0.4 is 4.72 Å². The van der Waals surface area contributed by atoms with E-state index in [4.69, 9.17) is 28.3 Å². The van der Waals surface area contributed by atoms with Crippen molar-refractivity contribution >= 4 is 44.9 Å². The van der Waals surface area contributed by atoms with E-state index in [9.17, 15) is 17.6 Å². The van der Waals surface area contributed by atoms with Gasteiger partial charge in [-0.1, -0.05) is 23.2 Å². The fourth-order valence-electron chi connectivity index (χ4n) is 1.07. The number of carboxylic acids is 1. The molecule has 0 aliphatic carbocycles. The number of carbonyl (C=O) groups is 1. The first-order valence-electron chi connectivity index (χ1n) is 4.58. The second-order valence-corrected chi connectivity index (χ2v) is 5.97. The summed E-state index contributed by atoms with van der Waals surface area (Å²) in [5.41, 5.74) is -0.0308. The Hall–Kier alpha value is -1.05. The summed E-state index contributed by atoms with van der Waals surface area (Å²) in [6.07, 6.45) is -0.544. The third-order valence-corrected chi connectivity index (χ3v) is 3.68. The average molecular weight is 316 g/mol. The molecule has 0 aliphatic rings. The number of carboxylic acid groups (broad SMARTS) is 1. The average Bonchev–Trinajstić information content (AvgIpc) is 2.22. The maximum absolute atomic E-state index is 13.1. The zero-order valence-electron chi connectivity index (χ0n) is 8.78. The SMILES string of the molecule is O=C(O)CCS(=O)(=O)Nc1cc(Cl)c(F)c(Cl)c1. The molecule has 9 heteroatoms. The maximum atomic E-state index is 13.1.